The number of hydrogen-bond donors (Lipinski definition) is 0. The van der Waals surface area contributed by atoms with Gasteiger partial charge in [-0.25, -0.2) is 8.42 Å². The SMILES string of the molecule is Cc1cc(-c2ccc(S(=O)(=O)Cl)cc2)on1. The summed E-state index contributed by atoms with van der Waals surface area (Å²) in [5.41, 5.74) is 1.52. The van der Waals surface area contributed by atoms with E-state index in [0.29, 0.717) is 5.76 Å². The van der Waals surface area contributed by atoms with Gasteiger partial charge in [0.1, 0.15) is 0 Å². The highest BCUT2D eigenvalue weighted by molar-refractivity contribution is 8.13. The maximum absolute atomic E-state index is 11.0. The van der Waals surface area contributed by atoms with Gasteiger partial charge >= 0.3 is 0 Å². The van der Waals surface area contributed by atoms with E-state index in [4.69, 9.17) is 15.2 Å². The lowest BCUT2D eigenvalue weighted by atomic mass is 10.2. The van der Waals surface area contributed by atoms with Crippen LogP contribution in [0.4, 0.5) is 0 Å². The van der Waals surface area contributed by atoms with Gasteiger partial charge in [0.2, 0.25) is 0 Å². The van der Waals surface area contributed by atoms with Crippen LogP contribution < -0.4 is 0 Å². The Morgan fingerprint density at radius 3 is 2.31 bits per heavy atom. The summed E-state index contributed by atoms with van der Waals surface area (Å²) in [6.45, 7) is 1.81. The fraction of sp³-hybridized carbons (Fsp3) is 0.100. The fourth-order valence-corrected chi connectivity index (χ4v) is 2.05. The van der Waals surface area contributed by atoms with Crippen LogP contribution >= 0.6 is 10.7 Å². The van der Waals surface area contributed by atoms with Crippen LogP contribution in [0.3, 0.4) is 0 Å². The number of benzene rings is 1. The van der Waals surface area contributed by atoms with Crippen LogP contribution in [-0.2, 0) is 9.05 Å². The fourth-order valence-electron chi connectivity index (χ4n) is 1.28. The van der Waals surface area contributed by atoms with Gasteiger partial charge in [-0.3, -0.25) is 0 Å². The number of hydrogen-bond acceptors (Lipinski definition) is 4. The van der Waals surface area contributed by atoms with Crippen LogP contribution in [0, 0.1) is 6.92 Å². The minimum Gasteiger partial charge on any atom is -0.356 e. The van der Waals surface area contributed by atoms with Gasteiger partial charge in [-0.1, -0.05) is 5.16 Å². The molecule has 0 saturated carbocycles. The first-order chi connectivity index (χ1) is 7.47. The summed E-state index contributed by atoms with van der Waals surface area (Å²) >= 11 is 0. The molecule has 0 N–H and O–H groups in total. The van der Waals surface area contributed by atoms with Crippen molar-refractivity contribution in [3.05, 3.63) is 36.0 Å². The van der Waals surface area contributed by atoms with E-state index in [-0.39, 0.29) is 4.90 Å². The summed E-state index contributed by atoms with van der Waals surface area (Å²) < 4.78 is 27.1. The first kappa shape index (κ1) is 11.2. The van der Waals surface area contributed by atoms with Crippen molar-refractivity contribution in [3.8, 4) is 11.3 Å². The molecule has 0 bridgehead atoms. The molecule has 1 aromatic carbocycles. The Morgan fingerprint density at radius 2 is 1.88 bits per heavy atom. The Bertz CT molecular complexity index is 601. The van der Waals surface area contributed by atoms with Crippen molar-refractivity contribution in [1.82, 2.24) is 5.16 Å². The third-order valence-electron chi connectivity index (χ3n) is 2.05. The van der Waals surface area contributed by atoms with E-state index in [1.807, 2.05) is 6.92 Å². The molecule has 0 fully saturated rings. The van der Waals surface area contributed by atoms with Crippen molar-refractivity contribution in [3.63, 3.8) is 0 Å². The topological polar surface area (TPSA) is 60.2 Å². The molecular weight excluding hydrogens is 250 g/mol. The van der Waals surface area contributed by atoms with Gasteiger partial charge in [0.25, 0.3) is 9.05 Å². The van der Waals surface area contributed by atoms with Crippen LogP contribution in [0.15, 0.2) is 39.8 Å². The largest absolute Gasteiger partial charge is 0.356 e. The summed E-state index contributed by atoms with van der Waals surface area (Å²) in [7, 11) is 1.53. The number of nitrogens with zero attached hydrogens (tertiary/aromatic N) is 1. The van der Waals surface area contributed by atoms with Gasteiger partial charge in [0.15, 0.2) is 5.76 Å². The van der Waals surface area contributed by atoms with E-state index in [0.717, 1.165) is 11.3 Å². The second-order valence-corrected chi connectivity index (χ2v) is 5.86. The normalized spacial score (nSPS) is 11.6. The molecule has 0 atom stereocenters. The van der Waals surface area contributed by atoms with E-state index >= 15 is 0 Å². The third-order valence-corrected chi connectivity index (χ3v) is 3.42. The Morgan fingerprint density at radius 1 is 1.25 bits per heavy atom. The highest BCUT2D eigenvalue weighted by atomic mass is 35.7. The zero-order chi connectivity index (χ0) is 11.8. The summed E-state index contributed by atoms with van der Waals surface area (Å²) in [5.74, 6) is 0.594. The Labute approximate surface area is 97.3 Å². The molecule has 16 heavy (non-hydrogen) atoms. The van der Waals surface area contributed by atoms with Crippen LogP contribution in [0.25, 0.3) is 11.3 Å². The van der Waals surface area contributed by atoms with Crippen molar-refractivity contribution < 1.29 is 12.9 Å². The molecule has 1 heterocycles. The molecule has 0 aliphatic carbocycles. The van der Waals surface area contributed by atoms with Gasteiger partial charge < -0.3 is 4.52 Å². The summed E-state index contributed by atoms with van der Waals surface area (Å²) in [6.07, 6.45) is 0. The van der Waals surface area contributed by atoms with Gasteiger partial charge in [0, 0.05) is 22.3 Å². The van der Waals surface area contributed by atoms with Crippen LogP contribution in [0.2, 0.25) is 0 Å². The molecule has 84 valence electrons. The van der Waals surface area contributed by atoms with Crippen LogP contribution in [-0.4, -0.2) is 13.6 Å². The van der Waals surface area contributed by atoms with E-state index in [1.54, 1.807) is 18.2 Å². The smallest absolute Gasteiger partial charge is 0.261 e. The summed E-state index contributed by atoms with van der Waals surface area (Å²) in [6, 6.07) is 7.86. The minimum absolute atomic E-state index is 0.0640. The van der Waals surface area contributed by atoms with Gasteiger partial charge in [-0.15, -0.1) is 0 Å². The summed E-state index contributed by atoms with van der Waals surface area (Å²) in [4.78, 5) is 0.0640. The molecule has 0 aliphatic heterocycles. The van der Waals surface area contributed by atoms with Gasteiger partial charge in [-0.2, -0.15) is 0 Å². The molecule has 2 rings (SSSR count). The molecule has 6 heteroatoms. The molecule has 0 saturated heterocycles. The van der Waals surface area contributed by atoms with Crippen LogP contribution in [0.1, 0.15) is 5.69 Å². The number of aryl methyl sites for hydroxylation is 1. The first-order valence-electron chi connectivity index (χ1n) is 4.45. The predicted molar refractivity (Wildman–Crippen MR) is 59.7 cm³/mol. The van der Waals surface area contributed by atoms with Gasteiger partial charge in [0.05, 0.1) is 10.6 Å². The average Bonchev–Trinajstić information content (AvgIpc) is 2.64. The van der Waals surface area contributed by atoms with E-state index in [1.165, 1.54) is 12.1 Å². The summed E-state index contributed by atoms with van der Waals surface area (Å²) in [5, 5.41) is 3.74. The zero-order valence-corrected chi connectivity index (χ0v) is 9.92. The minimum atomic E-state index is -3.67. The maximum atomic E-state index is 11.0. The van der Waals surface area contributed by atoms with Crippen molar-refractivity contribution in [2.75, 3.05) is 0 Å². The van der Waals surface area contributed by atoms with E-state index in [2.05, 4.69) is 5.16 Å². The predicted octanol–water partition coefficient (Wildman–Crippen LogP) is 2.58. The second kappa shape index (κ2) is 3.92. The van der Waals surface area contributed by atoms with Crippen molar-refractivity contribution in [2.45, 2.75) is 11.8 Å². The van der Waals surface area contributed by atoms with Gasteiger partial charge in [-0.05, 0) is 31.2 Å². The molecule has 1 aromatic heterocycles. The molecule has 4 nitrogen and oxygen atoms in total. The molecular formula is C10H8ClNO3S. The standard InChI is InChI=1S/C10H8ClNO3S/c1-7-6-10(15-12-7)8-2-4-9(5-3-8)16(11,13)14/h2-6H,1H3. The van der Waals surface area contributed by atoms with Crippen molar-refractivity contribution in [1.29, 1.82) is 0 Å². The molecule has 0 amide bonds. The van der Waals surface area contributed by atoms with E-state index in [9.17, 15) is 8.42 Å². The quantitative estimate of drug-likeness (QED) is 0.776. The molecule has 0 radical (unpaired) electrons. The second-order valence-electron chi connectivity index (χ2n) is 3.29. The van der Waals surface area contributed by atoms with Crippen LogP contribution in [0.5, 0.6) is 0 Å². The zero-order valence-electron chi connectivity index (χ0n) is 8.34. The monoisotopic (exact) mass is 257 g/mol. The highest BCUT2D eigenvalue weighted by Gasteiger charge is 2.10. The molecule has 0 aliphatic rings. The lowest BCUT2D eigenvalue weighted by Gasteiger charge is -1.97. The Balaban J connectivity index is 2.40. The number of halogens is 1. The highest BCUT2D eigenvalue weighted by Crippen LogP contribution is 2.23. The lowest BCUT2D eigenvalue weighted by Crippen LogP contribution is -1.89. The Hall–Kier alpha value is -1.33. The molecule has 0 unspecified atom stereocenters. The Kier molecular flexibility index (Phi) is 2.73. The van der Waals surface area contributed by atoms with Crippen molar-refractivity contribution in [2.24, 2.45) is 0 Å². The molecule has 2 aromatic rings. The van der Waals surface area contributed by atoms with E-state index < -0.39 is 9.05 Å². The number of aromatic nitrogens is 1. The third kappa shape index (κ3) is 2.25. The maximum Gasteiger partial charge on any atom is 0.261 e. The molecule has 0 spiro atoms. The average molecular weight is 258 g/mol. The lowest BCUT2D eigenvalue weighted by molar-refractivity contribution is 0.427. The number of rotatable bonds is 2. The van der Waals surface area contributed by atoms with Crippen molar-refractivity contribution >= 4 is 19.7 Å². The first-order valence-corrected chi connectivity index (χ1v) is 6.76.